The Morgan fingerprint density at radius 2 is 1.64 bits per heavy atom. The number of carbonyl (C=O) groups excluding carboxylic acids is 4. The summed E-state index contributed by atoms with van der Waals surface area (Å²) in [5, 5.41) is 6.20. The van der Waals surface area contributed by atoms with Gasteiger partial charge in [-0.25, -0.2) is 9.78 Å². The van der Waals surface area contributed by atoms with Crippen molar-refractivity contribution in [2.75, 3.05) is 19.7 Å². The minimum absolute atomic E-state index is 0.100. The summed E-state index contributed by atoms with van der Waals surface area (Å²) in [7, 11) is 0. The highest BCUT2D eigenvalue weighted by atomic mass is 35.5. The number of Topliss-reactive ketones (excluding diaryl/α,β-unsaturated/α-hetero) is 1. The zero-order chi connectivity index (χ0) is 38.6. The summed E-state index contributed by atoms with van der Waals surface area (Å²) >= 11 is 6.01. The summed E-state index contributed by atoms with van der Waals surface area (Å²) in [5.74, 6) is -0.820. The minimum atomic E-state index is -1.03. The van der Waals surface area contributed by atoms with Crippen molar-refractivity contribution in [3.05, 3.63) is 95.3 Å². The molecule has 1 saturated heterocycles. The van der Waals surface area contributed by atoms with Crippen LogP contribution in [0.25, 0.3) is 11.1 Å². The molecular weight excluding hydrogens is 722 g/mol. The van der Waals surface area contributed by atoms with Crippen molar-refractivity contribution in [2.45, 2.75) is 94.9 Å². The molecule has 55 heavy (non-hydrogen) atoms. The largest absolute Gasteiger partial charge is 0.434 e. The van der Waals surface area contributed by atoms with Gasteiger partial charge in [0.25, 0.3) is 5.89 Å². The summed E-state index contributed by atoms with van der Waals surface area (Å²) in [6.07, 6.45) is 6.98. The lowest BCUT2D eigenvalue weighted by Gasteiger charge is -2.29. The van der Waals surface area contributed by atoms with Crippen LogP contribution in [0.1, 0.15) is 80.5 Å². The van der Waals surface area contributed by atoms with Gasteiger partial charge in [-0.2, -0.15) is 0 Å². The van der Waals surface area contributed by atoms with E-state index in [0.29, 0.717) is 60.9 Å². The second-order valence-electron chi connectivity index (χ2n) is 14.5. The monoisotopic (exact) mass is 771 g/mol. The van der Waals surface area contributed by atoms with Crippen molar-refractivity contribution in [1.82, 2.24) is 20.5 Å². The van der Waals surface area contributed by atoms with Crippen LogP contribution in [0.2, 0.25) is 5.02 Å². The Bertz CT molecular complexity index is 1850. The van der Waals surface area contributed by atoms with E-state index in [1.54, 1.807) is 48.5 Å². The van der Waals surface area contributed by atoms with Gasteiger partial charge in [-0.3, -0.25) is 14.4 Å². The Balaban J connectivity index is 1.23. The molecule has 2 aliphatic rings. The van der Waals surface area contributed by atoms with Gasteiger partial charge in [-0.05, 0) is 99.4 Å². The number of ketones is 1. The number of hydrogen-bond donors (Lipinski definition) is 3. The Hall–Kier alpha value is -4.78. The average Bonchev–Trinajstić information content (AvgIpc) is 3.85. The number of nitrogens with zero attached hydrogens (tertiary/aromatic N) is 2. The first-order chi connectivity index (χ1) is 26.8. The third-order valence-electron chi connectivity index (χ3n) is 10.4. The number of amides is 3. The number of carbonyl (C=O) groups is 4. The van der Waals surface area contributed by atoms with Crippen LogP contribution in [0.3, 0.4) is 0 Å². The Morgan fingerprint density at radius 1 is 0.891 bits per heavy atom. The average molecular weight is 772 g/mol. The Morgan fingerprint density at radius 3 is 2.38 bits per heavy atom. The zero-order valence-corrected chi connectivity index (χ0v) is 31.8. The van der Waals surface area contributed by atoms with Gasteiger partial charge in [-0.1, -0.05) is 73.3 Å². The molecule has 2 fully saturated rings. The van der Waals surface area contributed by atoms with Crippen molar-refractivity contribution >= 4 is 46.4 Å². The van der Waals surface area contributed by atoms with E-state index in [0.717, 1.165) is 31.2 Å². The van der Waals surface area contributed by atoms with Gasteiger partial charge in [-0.15, -0.1) is 0 Å². The molecule has 0 radical (unpaired) electrons. The number of unbranched alkanes of at least 4 members (excludes halogenated alkanes) is 1. The van der Waals surface area contributed by atoms with Crippen molar-refractivity contribution in [3.8, 4) is 5.75 Å². The van der Waals surface area contributed by atoms with Gasteiger partial charge >= 0.3 is 6.09 Å². The van der Waals surface area contributed by atoms with E-state index in [9.17, 15) is 19.2 Å². The number of ether oxygens (including phenoxy) is 2. The molecule has 2 heterocycles. The number of benzene rings is 3. The van der Waals surface area contributed by atoms with E-state index in [1.807, 2.05) is 30.3 Å². The molecular formula is C42H50ClN5O7. The molecule has 1 aliphatic heterocycles. The molecule has 3 aromatic carbocycles. The van der Waals surface area contributed by atoms with Crippen LogP contribution in [-0.2, 0) is 20.7 Å². The number of aryl methyl sites for hydroxylation is 1. The number of fused-ring (bicyclic) bond motifs is 1. The second kappa shape index (κ2) is 19.7. The van der Waals surface area contributed by atoms with Crippen LogP contribution in [0, 0.1) is 5.92 Å². The molecule has 0 spiro atoms. The standard InChI is InChI=1S/C42H50ClN5O7/c43-30-19-21-31(22-20-30)54-42(52)47-35(23-18-28-11-3-1-4-12-28)41(51)48-26-32(53-27-29-13-5-2-6-14-29)25-36(48)39(50)45-34(16-9-10-24-44)38(49)40-46-33-15-7-8-17-37(33)55-40/h1,3-4,7-8,11-12,15,17,19-22,29,32,34-36H,2,5-6,9-10,13-14,16,18,23-27,44H2,(H,45,50)(H,47,52)/t32-,34+,35-,36+/m1/s1. The third kappa shape index (κ3) is 11.1. The molecule has 292 valence electrons. The molecule has 4 N–H and O–H groups in total. The third-order valence-corrected chi connectivity index (χ3v) is 10.7. The van der Waals surface area contributed by atoms with Gasteiger partial charge in [0.15, 0.2) is 5.58 Å². The first-order valence-corrected chi connectivity index (χ1v) is 19.8. The van der Waals surface area contributed by atoms with Crippen LogP contribution in [0.15, 0.2) is 83.3 Å². The first kappa shape index (κ1) is 39.9. The molecule has 13 heteroatoms. The molecule has 1 aliphatic carbocycles. The van der Waals surface area contributed by atoms with E-state index in [4.69, 9.17) is 31.2 Å². The topological polar surface area (TPSA) is 166 Å². The fraction of sp³-hybridized carbons (Fsp3) is 0.452. The summed E-state index contributed by atoms with van der Waals surface area (Å²) < 4.78 is 17.7. The lowest BCUT2D eigenvalue weighted by Crippen LogP contribution is -2.55. The fourth-order valence-corrected chi connectivity index (χ4v) is 7.51. The summed E-state index contributed by atoms with van der Waals surface area (Å²) in [6, 6.07) is 20.1. The fourth-order valence-electron chi connectivity index (χ4n) is 7.39. The van der Waals surface area contributed by atoms with Crippen molar-refractivity contribution in [3.63, 3.8) is 0 Å². The van der Waals surface area contributed by atoms with Crippen molar-refractivity contribution in [1.29, 1.82) is 0 Å². The number of nitrogens with two attached hydrogens (primary N) is 1. The molecule has 0 bridgehead atoms. The van der Waals surface area contributed by atoms with E-state index in [2.05, 4.69) is 15.6 Å². The number of para-hydroxylation sites is 2. The molecule has 1 saturated carbocycles. The number of aromatic nitrogens is 1. The van der Waals surface area contributed by atoms with Crippen molar-refractivity contribution in [2.24, 2.45) is 11.7 Å². The lowest BCUT2D eigenvalue weighted by atomic mass is 9.90. The van der Waals surface area contributed by atoms with Crippen molar-refractivity contribution < 1.29 is 33.1 Å². The SMILES string of the molecule is NCCCC[C@H](NC(=O)[C@@H]1C[C@@H](OCC2CCCCC2)CN1C(=O)[C@@H](CCc1ccccc1)NC(=O)Oc1ccc(Cl)cc1)C(=O)c1nc2ccccc2o1. The molecule has 6 rings (SSSR count). The number of halogens is 1. The predicted octanol–water partition coefficient (Wildman–Crippen LogP) is 6.63. The maximum absolute atomic E-state index is 14.6. The van der Waals surface area contributed by atoms with E-state index in [-0.39, 0.29) is 31.0 Å². The molecule has 4 aromatic rings. The van der Waals surface area contributed by atoms with Gasteiger partial charge in [0.1, 0.15) is 23.3 Å². The number of rotatable bonds is 17. The molecule has 3 amide bonds. The van der Waals surface area contributed by atoms with Crippen LogP contribution < -0.4 is 21.1 Å². The first-order valence-electron chi connectivity index (χ1n) is 19.4. The molecule has 0 unspecified atom stereocenters. The van der Waals surface area contributed by atoms with Gasteiger partial charge in [0, 0.05) is 24.6 Å². The highest BCUT2D eigenvalue weighted by Gasteiger charge is 2.44. The van der Waals surface area contributed by atoms with Gasteiger partial charge in [0.2, 0.25) is 17.6 Å². The highest BCUT2D eigenvalue weighted by molar-refractivity contribution is 6.30. The normalized spacial score (nSPS) is 18.5. The van der Waals surface area contributed by atoms with E-state index in [1.165, 1.54) is 11.3 Å². The maximum atomic E-state index is 14.6. The summed E-state index contributed by atoms with van der Waals surface area (Å²) in [5.41, 5.74) is 7.75. The van der Waals surface area contributed by atoms with Gasteiger partial charge < -0.3 is 35.2 Å². The minimum Gasteiger partial charge on any atom is -0.434 e. The Kier molecular flexibility index (Phi) is 14.3. The summed E-state index contributed by atoms with van der Waals surface area (Å²) in [6.45, 7) is 1.12. The molecule has 4 atom stereocenters. The smallest absolute Gasteiger partial charge is 0.413 e. The maximum Gasteiger partial charge on any atom is 0.413 e. The van der Waals surface area contributed by atoms with Crippen LogP contribution in [0.5, 0.6) is 5.75 Å². The Labute approximate surface area is 326 Å². The van der Waals surface area contributed by atoms with E-state index >= 15 is 0 Å². The summed E-state index contributed by atoms with van der Waals surface area (Å²) in [4.78, 5) is 61.9. The highest BCUT2D eigenvalue weighted by Crippen LogP contribution is 2.28. The zero-order valence-electron chi connectivity index (χ0n) is 31.0. The van der Waals surface area contributed by atoms with Gasteiger partial charge in [0.05, 0.1) is 12.1 Å². The van der Waals surface area contributed by atoms with E-state index < -0.39 is 47.9 Å². The molecule has 12 nitrogen and oxygen atoms in total. The predicted molar refractivity (Wildman–Crippen MR) is 209 cm³/mol. The number of nitrogens with one attached hydrogen (secondary N) is 2. The number of likely N-dealkylation sites (tertiary alicyclic amines) is 1. The van der Waals surface area contributed by atoms with Crippen LogP contribution in [0.4, 0.5) is 4.79 Å². The van der Waals surface area contributed by atoms with Crippen LogP contribution in [-0.4, -0.2) is 77.5 Å². The number of hydrogen-bond acceptors (Lipinski definition) is 9. The second-order valence-corrected chi connectivity index (χ2v) is 14.9. The number of oxazole rings is 1. The van der Waals surface area contributed by atoms with Crippen LogP contribution >= 0.6 is 11.6 Å². The lowest BCUT2D eigenvalue weighted by molar-refractivity contribution is -0.140. The quantitative estimate of drug-likeness (QED) is 0.0789. The molecule has 1 aromatic heterocycles.